The Balaban J connectivity index is 1.82. The lowest BCUT2D eigenvalue weighted by Gasteiger charge is -2.52. The van der Waals surface area contributed by atoms with E-state index in [1.165, 1.54) is 4.88 Å². The molecule has 0 radical (unpaired) electrons. The lowest BCUT2D eigenvalue weighted by molar-refractivity contribution is 0.0279. The molecule has 3 rings (SSSR count). The molecule has 1 aromatic rings. The van der Waals surface area contributed by atoms with Crippen LogP contribution in [-0.4, -0.2) is 36.9 Å². The maximum atomic E-state index is 11.8. The average Bonchev–Trinajstić information content (AvgIpc) is 2.64. The van der Waals surface area contributed by atoms with Crippen molar-refractivity contribution in [1.29, 1.82) is 0 Å². The van der Waals surface area contributed by atoms with Crippen LogP contribution in [0.3, 0.4) is 0 Å². The van der Waals surface area contributed by atoms with Gasteiger partial charge < -0.3 is 0 Å². The highest BCUT2D eigenvalue weighted by molar-refractivity contribution is 9.10. The van der Waals surface area contributed by atoms with Gasteiger partial charge in [-0.05, 0) is 46.6 Å². The van der Waals surface area contributed by atoms with Crippen LogP contribution in [0.4, 0.5) is 0 Å². The molecule has 2 heterocycles. The number of hydrogen-bond acceptors (Lipinski definition) is 4. The van der Waals surface area contributed by atoms with Gasteiger partial charge in [0.15, 0.2) is 9.84 Å². The van der Waals surface area contributed by atoms with Crippen molar-refractivity contribution in [2.75, 3.05) is 18.1 Å². The molecule has 2 aliphatic rings. The van der Waals surface area contributed by atoms with Crippen molar-refractivity contribution in [3.05, 3.63) is 20.8 Å². The average molecular weight is 350 g/mol. The molecule has 6 heteroatoms. The Morgan fingerprint density at radius 3 is 2.78 bits per heavy atom. The summed E-state index contributed by atoms with van der Waals surface area (Å²) in [5.41, 5.74) is -0.0550. The molecule has 1 saturated heterocycles. The van der Waals surface area contributed by atoms with Gasteiger partial charge in [0, 0.05) is 28.0 Å². The van der Waals surface area contributed by atoms with Crippen molar-refractivity contribution < 1.29 is 8.42 Å². The molecule has 2 fully saturated rings. The fourth-order valence-corrected chi connectivity index (χ4v) is 6.39. The van der Waals surface area contributed by atoms with Crippen LogP contribution in [0.1, 0.15) is 24.1 Å². The first kappa shape index (κ1) is 13.1. The Morgan fingerprint density at radius 2 is 2.22 bits per heavy atom. The van der Waals surface area contributed by atoms with E-state index in [1.807, 2.05) is 0 Å². The van der Waals surface area contributed by atoms with Crippen molar-refractivity contribution in [2.45, 2.75) is 31.3 Å². The Hall–Kier alpha value is 0.0900. The van der Waals surface area contributed by atoms with Crippen LogP contribution in [0.15, 0.2) is 15.9 Å². The second-order valence-electron chi connectivity index (χ2n) is 5.28. The Kier molecular flexibility index (Phi) is 3.33. The molecular weight excluding hydrogens is 334 g/mol. The topological polar surface area (TPSA) is 37.4 Å². The smallest absolute Gasteiger partial charge is 0.153 e. The van der Waals surface area contributed by atoms with Crippen LogP contribution in [0.2, 0.25) is 0 Å². The summed E-state index contributed by atoms with van der Waals surface area (Å²) >= 11 is 5.30. The lowest BCUT2D eigenvalue weighted by atomic mass is 9.76. The summed E-state index contributed by atoms with van der Waals surface area (Å²) in [6.07, 6.45) is 3.24. The van der Waals surface area contributed by atoms with E-state index in [4.69, 9.17) is 0 Å². The molecule has 0 unspecified atom stereocenters. The minimum atomic E-state index is -2.82. The second kappa shape index (κ2) is 4.58. The highest BCUT2D eigenvalue weighted by Gasteiger charge is 2.48. The van der Waals surface area contributed by atoms with Gasteiger partial charge >= 0.3 is 0 Å². The number of rotatable bonds is 2. The molecule has 0 bridgehead atoms. The highest BCUT2D eigenvalue weighted by Crippen LogP contribution is 2.42. The third kappa shape index (κ3) is 2.28. The van der Waals surface area contributed by atoms with Gasteiger partial charge in [0.25, 0.3) is 0 Å². The number of hydrogen-bond donors (Lipinski definition) is 0. The Labute approximate surface area is 120 Å². The normalized spacial score (nSPS) is 26.1. The zero-order valence-corrected chi connectivity index (χ0v) is 13.3. The lowest BCUT2D eigenvalue weighted by Crippen LogP contribution is -2.62. The first-order valence-electron chi connectivity index (χ1n) is 6.18. The molecule has 1 aliphatic carbocycles. The fourth-order valence-electron chi connectivity index (χ4n) is 2.96. The van der Waals surface area contributed by atoms with Crippen molar-refractivity contribution in [1.82, 2.24) is 4.90 Å². The summed E-state index contributed by atoms with van der Waals surface area (Å²) in [5, 5.41) is 2.08. The first-order chi connectivity index (χ1) is 8.51. The van der Waals surface area contributed by atoms with Crippen LogP contribution >= 0.6 is 27.3 Å². The van der Waals surface area contributed by atoms with Crippen LogP contribution in [0.5, 0.6) is 0 Å². The summed E-state index contributed by atoms with van der Waals surface area (Å²) in [4.78, 5) is 3.70. The first-order valence-corrected chi connectivity index (χ1v) is 9.68. The molecule has 1 saturated carbocycles. The van der Waals surface area contributed by atoms with E-state index < -0.39 is 9.84 Å². The van der Waals surface area contributed by atoms with E-state index in [9.17, 15) is 8.42 Å². The molecule has 1 aliphatic heterocycles. The number of halogens is 1. The molecule has 0 amide bonds. The number of thiophene rings is 1. The van der Waals surface area contributed by atoms with Gasteiger partial charge in [-0.2, -0.15) is 0 Å². The predicted octanol–water partition coefficient (Wildman–Crippen LogP) is 2.66. The quantitative estimate of drug-likeness (QED) is 0.823. The minimum Gasteiger partial charge on any atom is -0.291 e. The monoisotopic (exact) mass is 349 g/mol. The summed E-state index contributed by atoms with van der Waals surface area (Å²) in [7, 11) is -2.82. The van der Waals surface area contributed by atoms with Gasteiger partial charge in [-0.3, -0.25) is 4.90 Å². The third-order valence-electron chi connectivity index (χ3n) is 4.14. The maximum Gasteiger partial charge on any atom is 0.153 e. The van der Waals surface area contributed by atoms with Gasteiger partial charge in [-0.15, -0.1) is 11.3 Å². The summed E-state index contributed by atoms with van der Waals surface area (Å²) < 4.78 is 24.8. The van der Waals surface area contributed by atoms with Gasteiger partial charge in [-0.1, -0.05) is 0 Å². The summed E-state index contributed by atoms with van der Waals surface area (Å²) in [6, 6.07) is 2.06. The van der Waals surface area contributed by atoms with Gasteiger partial charge in [0.1, 0.15) is 0 Å². The number of nitrogens with zero attached hydrogens (tertiary/aromatic N) is 1. The van der Waals surface area contributed by atoms with Crippen molar-refractivity contribution in [3.63, 3.8) is 0 Å². The molecule has 0 N–H and O–H groups in total. The standard InChI is InChI=1S/C12H16BrNO2S2/c13-10-2-6-17-11(10)8-14-5-7-18(15,16)9-12(14)3-1-4-12/h2,6H,1,3-5,7-9H2. The molecule has 0 atom stereocenters. The third-order valence-corrected chi connectivity index (χ3v) is 7.83. The molecule has 1 spiro atoms. The van der Waals surface area contributed by atoms with Crippen LogP contribution in [0, 0.1) is 0 Å². The summed E-state index contributed by atoms with van der Waals surface area (Å²) in [5.74, 6) is 0.681. The van der Waals surface area contributed by atoms with E-state index in [0.717, 1.165) is 30.3 Å². The molecule has 100 valence electrons. The zero-order chi connectivity index (χ0) is 12.8. The predicted molar refractivity (Wildman–Crippen MR) is 77.7 cm³/mol. The molecular formula is C12H16BrNO2S2. The van der Waals surface area contributed by atoms with Crippen LogP contribution in [0.25, 0.3) is 0 Å². The van der Waals surface area contributed by atoms with Crippen molar-refractivity contribution in [3.8, 4) is 0 Å². The summed E-state index contributed by atoms with van der Waals surface area (Å²) in [6.45, 7) is 1.57. The maximum absolute atomic E-state index is 11.8. The van der Waals surface area contributed by atoms with E-state index in [1.54, 1.807) is 11.3 Å². The van der Waals surface area contributed by atoms with Crippen molar-refractivity contribution >= 4 is 37.1 Å². The molecule has 1 aromatic heterocycles. The second-order valence-corrected chi connectivity index (χ2v) is 9.32. The SMILES string of the molecule is O=S1(=O)CCN(Cc2sccc2Br)C2(CCC2)C1. The molecule has 0 aromatic carbocycles. The van der Waals surface area contributed by atoms with Gasteiger partial charge in [0.2, 0.25) is 0 Å². The largest absolute Gasteiger partial charge is 0.291 e. The van der Waals surface area contributed by atoms with Crippen LogP contribution < -0.4 is 0 Å². The molecule has 3 nitrogen and oxygen atoms in total. The molecule has 18 heavy (non-hydrogen) atoms. The van der Waals surface area contributed by atoms with Crippen molar-refractivity contribution in [2.24, 2.45) is 0 Å². The highest BCUT2D eigenvalue weighted by atomic mass is 79.9. The van der Waals surface area contributed by atoms with Gasteiger partial charge in [-0.25, -0.2) is 8.42 Å². The van der Waals surface area contributed by atoms with E-state index >= 15 is 0 Å². The van der Waals surface area contributed by atoms with E-state index in [2.05, 4.69) is 32.3 Å². The van der Waals surface area contributed by atoms with Crippen LogP contribution in [-0.2, 0) is 16.4 Å². The number of sulfone groups is 1. The Morgan fingerprint density at radius 1 is 1.44 bits per heavy atom. The Bertz CT molecular complexity index is 548. The minimum absolute atomic E-state index is 0.0550. The van der Waals surface area contributed by atoms with Gasteiger partial charge in [0.05, 0.1) is 11.5 Å². The van der Waals surface area contributed by atoms with E-state index in [-0.39, 0.29) is 5.54 Å². The zero-order valence-electron chi connectivity index (χ0n) is 10.1. The fraction of sp³-hybridized carbons (Fsp3) is 0.667. The van der Waals surface area contributed by atoms with E-state index in [0.29, 0.717) is 18.1 Å².